The second kappa shape index (κ2) is 11.5. The maximum absolute atomic E-state index is 13.6. The Hall–Kier alpha value is -4.20. The average molecular weight is 544 g/mol. The molecule has 8 nitrogen and oxygen atoms in total. The number of para-hydroxylation sites is 1. The number of esters is 2. The van der Waals surface area contributed by atoms with Crippen molar-refractivity contribution < 1.29 is 28.6 Å². The lowest BCUT2D eigenvalue weighted by molar-refractivity contribution is -0.135. The van der Waals surface area contributed by atoms with Crippen LogP contribution in [-0.2, 0) is 21.4 Å². The summed E-state index contributed by atoms with van der Waals surface area (Å²) in [5.41, 5.74) is 2.12. The molecular formula is C32H33NO7. The highest BCUT2D eigenvalue weighted by molar-refractivity contribution is 5.99. The van der Waals surface area contributed by atoms with Crippen molar-refractivity contribution in [1.29, 1.82) is 0 Å². The Labute approximate surface area is 232 Å². The number of Topliss-reactive ketones (excluding diaryl/α,β-unsaturated/α-hetero) is 1. The average Bonchev–Trinajstić information content (AvgIpc) is 2.93. The van der Waals surface area contributed by atoms with Crippen LogP contribution in [0, 0.1) is 0 Å². The standard InChI is InChI=1S/C32H33NO7/c1-19-10-9-14-22(34)13-6-4-5-12-21-17-26-29(30(38-3)28(21)32(37)39-19)23(18-27(35)40-26)24-16-20-11-7-8-15-25(20)33(2)31(24)36/h5,7-8,11-12,15-17,19,23H,4,6,9-10,13-14,18H2,1-3H3/t19-,23+/m1/s1. The molecule has 0 saturated carbocycles. The first-order valence-corrected chi connectivity index (χ1v) is 13.7. The van der Waals surface area contributed by atoms with E-state index in [9.17, 15) is 19.2 Å². The third-order valence-corrected chi connectivity index (χ3v) is 7.70. The molecule has 8 heteroatoms. The monoisotopic (exact) mass is 543 g/mol. The van der Waals surface area contributed by atoms with Crippen molar-refractivity contribution in [2.75, 3.05) is 7.11 Å². The molecule has 2 atom stereocenters. The fourth-order valence-corrected chi connectivity index (χ4v) is 5.67. The van der Waals surface area contributed by atoms with E-state index in [0.717, 1.165) is 10.9 Å². The van der Waals surface area contributed by atoms with E-state index in [-0.39, 0.29) is 34.8 Å². The van der Waals surface area contributed by atoms with Gasteiger partial charge in [-0.15, -0.1) is 0 Å². The fraction of sp³-hybridized carbons (Fsp3) is 0.375. The number of methoxy groups -OCH3 is 1. The van der Waals surface area contributed by atoms with E-state index in [2.05, 4.69) is 0 Å². The maximum atomic E-state index is 13.6. The van der Waals surface area contributed by atoms with Gasteiger partial charge in [0.1, 0.15) is 22.8 Å². The second-order valence-electron chi connectivity index (χ2n) is 10.5. The Morgan fingerprint density at radius 1 is 1.02 bits per heavy atom. The first-order chi connectivity index (χ1) is 19.3. The van der Waals surface area contributed by atoms with Gasteiger partial charge in [0.15, 0.2) is 0 Å². The summed E-state index contributed by atoms with van der Waals surface area (Å²) in [5.74, 6) is -1.06. The van der Waals surface area contributed by atoms with Crippen LogP contribution in [-0.4, -0.2) is 35.5 Å². The molecule has 1 aromatic heterocycles. The Morgan fingerprint density at radius 3 is 2.60 bits per heavy atom. The van der Waals surface area contributed by atoms with Crippen LogP contribution in [0.3, 0.4) is 0 Å². The molecule has 3 heterocycles. The van der Waals surface area contributed by atoms with Gasteiger partial charge in [-0.3, -0.25) is 14.4 Å². The van der Waals surface area contributed by atoms with Crippen LogP contribution in [0.1, 0.15) is 84.8 Å². The smallest absolute Gasteiger partial charge is 0.342 e. The van der Waals surface area contributed by atoms with Crippen LogP contribution in [0.25, 0.3) is 17.0 Å². The van der Waals surface area contributed by atoms with Gasteiger partial charge in [-0.05, 0) is 61.8 Å². The van der Waals surface area contributed by atoms with Gasteiger partial charge in [0, 0.05) is 36.9 Å². The first-order valence-electron chi connectivity index (χ1n) is 13.7. The van der Waals surface area contributed by atoms with Crippen LogP contribution < -0.4 is 15.0 Å². The van der Waals surface area contributed by atoms with Crippen molar-refractivity contribution in [3.63, 3.8) is 0 Å². The van der Waals surface area contributed by atoms with Crippen LogP contribution in [0.5, 0.6) is 11.5 Å². The van der Waals surface area contributed by atoms with E-state index in [1.54, 1.807) is 36.7 Å². The maximum Gasteiger partial charge on any atom is 0.342 e. The van der Waals surface area contributed by atoms with Crippen LogP contribution >= 0.6 is 0 Å². The molecule has 208 valence electrons. The number of allylic oxidation sites excluding steroid dienone is 1. The van der Waals surface area contributed by atoms with Gasteiger partial charge < -0.3 is 18.8 Å². The third-order valence-electron chi connectivity index (χ3n) is 7.70. The summed E-state index contributed by atoms with van der Waals surface area (Å²) < 4.78 is 18.9. The van der Waals surface area contributed by atoms with Gasteiger partial charge in [-0.1, -0.05) is 30.4 Å². The van der Waals surface area contributed by atoms with Crippen molar-refractivity contribution >= 4 is 34.7 Å². The van der Waals surface area contributed by atoms with Gasteiger partial charge in [0.05, 0.1) is 25.2 Å². The van der Waals surface area contributed by atoms with Gasteiger partial charge in [-0.25, -0.2) is 4.79 Å². The van der Waals surface area contributed by atoms with Crippen LogP contribution in [0.15, 0.2) is 47.3 Å². The molecule has 0 N–H and O–H groups in total. The van der Waals surface area contributed by atoms with Crippen molar-refractivity contribution in [3.05, 3.63) is 75.1 Å². The second-order valence-corrected chi connectivity index (χ2v) is 10.5. The molecule has 5 rings (SSSR count). The zero-order chi connectivity index (χ0) is 28.4. The Balaban J connectivity index is 1.70. The predicted octanol–water partition coefficient (Wildman–Crippen LogP) is 5.47. The SMILES string of the molecule is COc1c2c(cc3c1[C@H](c1cc4ccccc4n(C)c1=O)CC(=O)O3)C=CCCCC(=O)CCC[C@@H](C)OC2=O. The number of hydrogen-bond donors (Lipinski definition) is 0. The minimum absolute atomic E-state index is 0.0783. The number of aromatic nitrogens is 1. The largest absolute Gasteiger partial charge is 0.495 e. The lowest BCUT2D eigenvalue weighted by Crippen LogP contribution is -2.29. The number of ether oxygens (including phenoxy) is 3. The van der Waals surface area contributed by atoms with Crippen molar-refractivity contribution in [2.45, 2.75) is 63.9 Å². The summed E-state index contributed by atoms with van der Waals surface area (Å²) in [7, 11) is 3.16. The summed E-state index contributed by atoms with van der Waals surface area (Å²) in [6.45, 7) is 1.80. The quantitative estimate of drug-likeness (QED) is 0.312. The lowest BCUT2D eigenvalue weighted by atomic mass is 9.83. The van der Waals surface area contributed by atoms with Gasteiger partial charge in [-0.2, -0.15) is 0 Å². The number of rotatable bonds is 2. The molecule has 2 aromatic carbocycles. The highest BCUT2D eigenvalue weighted by Gasteiger charge is 2.37. The minimum Gasteiger partial charge on any atom is -0.495 e. The summed E-state index contributed by atoms with van der Waals surface area (Å²) >= 11 is 0. The molecule has 0 radical (unpaired) electrons. The number of carbonyl (C=O) groups excluding carboxylic acids is 3. The molecule has 0 aliphatic carbocycles. The van der Waals surface area contributed by atoms with E-state index in [0.29, 0.717) is 55.2 Å². The van der Waals surface area contributed by atoms with E-state index < -0.39 is 24.0 Å². The van der Waals surface area contributed by atoms with E-state index in [1.807, 2.05) is 30.3 Å². The molecule has 3 aromatic rings. The molecular weight excluding hydrogens is 510 g/mol. The number of benzene rings is 2. The number of nitrogens with zero attached hydrogens (tertiary/aromatic N) is 1. The topological polar surface area (TPSA) is 101 Å². The van der Waals surface area contributed by atoms with Gasteiger partial charge >= 0.3 is 11.9 Å². The molecule has 0 bridgehead atoms. The molecule has 40 heavy (non-hydrogen) atoms. The number of ketones is 1. The number of aryl methyl sites for hydroxylation is 1. The third kappa shape index (κ3) is 5.30. The number of hydrogen-bond acceptors (Lipinski definition) is 7. The normalized spacial score (nSPS) is 20.2. The lowest BCUT2D eigenvalue weighted by Gasteiger charge is -2.29. The van der Waals surface area contributed by atoms with Gasteiger partial charge in [0.25, 0.3) is 5.56 Å². The molecule has 0 unspecified atom stereocenters. The zero-order valence-corrected chi connectivity index (χ0v) is 23.0. The molecule has 0 spiro atoms. The van der Waals surface area contributed by atoms with E-state index in [1.165, 1.54) is 7.11 Å². The molecule has 0 amide bonds. The first kappa shape index (κ1) is 27.4. The van der Waals surface area contributed by atoms with E-state index in [4.69, 9.17) is 14.2 Å². The van der Waals surface area contributed by atoms with E-state index >= 15 is 0 Å². The highest BCUT2D eigenvalue weighted by atomic mass is 16.5. The summed E-state index contributed by atoms with van der Waals surface area (Å²) in [6.07, 6.45) is 6.68. The number of pyridine rings is 1. The summed E-state index contributed by atoms with van der Waals surface area (Å²) in [6, 6.07) is 11.0. The van der Waals surface area contributed by atoms with Crippen molar-refractivity contribution in [1.82, 2.24) is 4.57 Å². The molecule has 2 aliphatic heterocycles. The van der Waals surface area contributed by atoms with Crippen molar-refractivity contribution in [3.8, 4) is 11.5 Å². The zero-order valence-electron chi connectivity index (χ0n) is 23.0. The summed E-state index contributed by atoms with van der Waals surface area (Å²) in [5, 5.41) is 0.854. The number of fused-ring (bicyclic) bond motifs is 3. The number of cyclic esters (lactones) is 1. The predicted molar refractivity (Wildman–Crippen MR) is 151 cm³/mol. The van der Waals surface area contributed by atoms with Gasteiger partial charge in [0.2, 0.25) is 0 Å². The fourth-order valence-electron chi connectivity index (χ4n) is 5.67. The minimum atomic E-state index is -0.687. The molecule has 2 aliphatic rings. The van der Waals surface area contributed by atoms with Crippen molar-refractivity contribution in [2.24, 2.45) is 7.05 Å². The Kier molecular flexibility index (Phi) is 7.87. The summed E-state index contributed by atoms with van der Waals surface area (Å²) in [4.78, 5) is 52.2. The Morgan fingerprint density at radius 2 is 1.80 bits per heavy atom. The molecule has 0 fully saturated rings. The Bertz CT molecular complexity index is 1580. The van der Waals surface area contributed by atoms with Crippen LogP contribution in [0.4, 0.5) is 0 Å². The molecule has 0 saturated heterocycles. The number of carbonyl (C=O) groups is 3. The van der Waals surface area contributed by atoms with Crippen LogP contribution in [0.2, 0.25) is 0 Å². The highest BCUT2D eigenvalue weighted by Crippen LogP contribution is 2.47.